The van der Waals surface area contributed by atoms with Crippen LogP contribution in [0, 0.1) is 0 Å². The first-order valence-corrected chi connectivity index (χ1v) is 10.2. The highest BCUT2D eigenvalue weighted by atomic mass is 19.4. The highest BCUT2D eigenvalue weighted by Gasteiger charge is 2.30. The number of aromatic nitrogens is 3. The molecule has 0 radical (unpaired) electrons. The van der Waals surface area contributed by atoms with E-state index in [1.807, 2.05) is 19.2 Å². The smallest absolute Gasteiger partial charge is 0.350 e. The summed E-state index contributed by atoms with van der Waals surface area (Å²) in [5.41, 5.74) is 2.78. The number of nitrogens with zero attached hydrogens (tertiary/aromatic N) is 4. The van der Waals surface area contributed by atoms with E-state index in [0.717, 1.165) is 36.6 Å². The summed E-state index contributed by atoms with van der Waals surface area (Å²) < 4.78 is 41.9. The third-order valence-electron chi connectivity index (χ3n) is 6.09. The van der Waals surface area contributed by atoms with Gasteiger partial charge in [0.1, 0.15) is 0 Å². The molecule has 1 fully saturated rings. The van der Waals surface area contributed by atoms with Gasteiger partial charge in [-0.3, -0.25) is 14.3 Å². The quantitative estimate of drug-likeness (QED) is 0.475. The predicted molar refractivity (Wildman–Crippen MR) is 117 cm³/mol. The van der Waals surface area contributed by atoms with E-state index in [1.54, 1.807) is 12.3 Å². The fourth-order valence-electron chi connectivity index (χ4n) is 4.36. The van der Waals surface area contributed by atoms with E-state index in [4.69, 9.17) is 0 Å². The maximum absolute atomic E-state index is 12.8. The molecule has 1 saturated heterocycles. The molecule has 5 rings (SSSR count). The number of hydrogen-bond acceptors (Lipinski definition) is 3. The van der Waals surface area contributed by atoms with E-state index in [0.29, 0.717) is 17.2 Å². The Balaban J connectivity index is 1.48. The van der Waals surface area contributed by atoms with Crippen LogP contribution in [0.25, 0.3) is 27.8 Å². The van der Waals surface area contributed by atoms with Gasteiger partial charge in [-0.25, -0.2) is 0 Å². The van der Waals surface area contributed by atoms with Gasteiger partial charge >= 0.3 is 6.18 Å². The van der Waals surface area contributed by atoms with Crippen LogP contribution < -0.4 is 5.56 Å². The van der Waals surface area contributed by atoms with Crippen molar-refractivity contribution in [2.24, 2.45) is 7.05 Å². The number of likely N-dealkylation sites (tertiary alicyclic amines) is 1. The Morgan fingerprint density at radius 1 is 1.03 bits per heavy atom. The summed E-state index contributed by atoms with van der Waals surface area (Å²) in [7, 11) is 4.11. The molecule has 4 heterocycles. The van der Waals surface area contributed by atoms with Crippen LogP contribution in [0.5, 0.6) is 0 Å². The molecule has 0 saturated carbocycles. The topological polar surface area (TPSA) is 43.1 Å². The van der Waals surface area contributed by atoms with Gasteiger partial charge in [-0.2, -0.15) is 13.2 Å². The van der Waals surface area contributed by atoms with Gasteiger partial charge < -0.3 is 9.47 Å². The van der Waals surface area contributed by atoms with Crippen molar-refractivity contribution < 1.29 is 13.2 Å². The summed E-state index contributed by atoms with van der Waals surface area (Å²) >= 11 is 0. The molecule has 1 aromatic carbocycles. The third kappa shape index (κ3) is 3.50. The van der Waals surface area contributed by atoms with Crippen LogP contribution in [0.3, 0.4) is 0 Å². The van der Waals surface area contributed by atoms with Gasteiger partial charge in [-0.1, -0.05) is 6.07 Å². The minimum Gasteiger partial charge on any atom is -0.350 e. The molecular formula is C24H21F3N4O. The zero-order chi connectivity index (χ0) is 22.6. The molecule has 5 nitrogen and oxygen atoms in total. The minimum absolute atomic E-state index is 0.279. The van der Waals surface area contributed by atoms with Crippen molar-refractivity contribution in [3.63, 3.8) is 0 Å². The first-order chi connectivity index (χ1) is 15.2. The number of benzene rings is 1. The van der Waals surface area contributed by atoms with Crippen molar-refractivity contribution in [1.29, 1.82) is 0 Å². The lowest BCUT2D eigenvalue weighted by Crippen LogP contribution is -2.41. The summed E-state index contributed by atoms with van der Waals surface area (Å²) in [4.78, 5) is 19.0. The van der Waals surface area contributed by atoms with E-state index >= 15 is 0 Å². The number of alkyl halides is 3. The van der Waals surface area contributed by atoms with E-state index < -0.39 is 11.7 Å². The standard InChI is InChI=1S/C24H21F3N4O/c1-29-12-16(13-29)20-14-30(2)22-10-18(4-5-19(20)22)31-8-7-15(9-23(31)32)21-6-3-17(11-28-21)24(25,26)27/h3-11,14,16H,12-13H2,1-2H3. The summed E-state index contributed by atoms with van der Waals surface area (Å²) in [6.45, 7) is 2.08. The molecule has 0 atom stereocenters. The number of halogens is 3. The Labute approximate surface area is 182 Å². The van der Waals surface area contributed by atoms with Gasteiger partial charge in [0.15, 0.2) is 0 Å². The second-order valence-electron chi connectivity index (χ2n) is 8.37. The van der Waals surface area contributed by atoms with Crippen molar-refractivity contribution in [3.05, 3.63) is 82.5 Å². The SMILES string of the molecule is CN1CC(c2cn(C)c3cc(-n4ccc(-c5ccc(C(F)(F)F)cn5)cc4=O)ccc23)C1. The molecule has 0 aliphatic carbocycles. The van der Waals surface area contributed by atoms with Crippen molar-refractivity contribution in [3.8, 4) is 16.9 Å². The highest BCUT2D eigenvalue weighted by Crippen LogP contribution is 2.33. The second kappa shape index (κ2) is 7.34. The van der Waals surface area contributed by atoms with E-state index in [2.05, 4.69) is 33.8 Å². The number of likely N-dealkylation sites (N-methyl/N-ethyl adjacent to an activating group) is 1. The molecule has 0 N–H and O–H groups in total. The van der Waals surface area contributed by atoms with Crippen LogP contribution in [0.15, 0.2) is 65.8 Å². The van der Waals surface area contributed by atoms with Crippen LogP contribution in [0.2, 0.25) is 0 Å². The molecule has 0 bridgehead atoms. The maximum atomic E-state index is 12.8. The van der Waals surface area contributed by atoms with Crippen LogP contribution in [-0.4, -0.2) is 39.2 Å². The molecule has 32 heavy (non-hydrogen) atoms. The third-order valence-corrected chi connectivity index (χ3v) is 6.09. The largest absolute Gasteiger partial charge is 0.417 e. The Bertz CT molecular complexity index is 1360. The summed E-state index contributed by atoms with van der Waals surface area (Å²) in [6.07, 6.45) is 0.123. The van der Waals surface area contributed by atoms with E-state index in [-0.39, 0.29) is 5.56 Å². The lowest BCUT2D eigenvalue weighted by Gasteiger charge is -2.36. The molecule has 8 heteroatoms. The molecule has 1 aliphatic heterocycles. The Morgan fingerprint density at radius 2 is 1.81 bits per heavy atom. The van der Waals surface area contributed by atoms with Crippen LogP contribution in [0.1, 0.15) is 17.0 Å². The fourth-order valence-corrected chi connectivity index (χ4v) is 4.36. The van der Waals surface area contributed by atoms with Gasteiger partial charge in [0.05, 0.1) is 22.5 Å². The van der Waals surface area contributed by atoms with Crippen molar-refractivity contribution >= 4 is 10.9 Å². The van der Waals surface area contributed by atoms with Gasteiger partial charge in [0, 0.05) is 61.7 Å². The molecule has 0 unspecified atom stereocenters. The molecular weight excluding hydrogens is 417 g/mol. The number of aryl methyl sites for hydroxylation is 1. The summed E-state index contributed by atoms with van der Waals surface area (Å²) in [5, 5.41) is 1.19. The maximum Gasteiger partial charge on any atom is 0.417 e. The summed E-state index contributed by atoms with van der Waals surface area (Å²) in [6, 6.07) is 11.3. The predicted octanol–water partition coefficient (Wildman–Crippen LogP) is 4.44. The van der Waals surface area contributed by atoms with E-state index in [9.17, 15) is 18.0 Å². The van der Waals surface area contributed by atoms with Crippen molar-refractivity contribution in [1.82, 2.24) is 19.0 Å². The molecule has 164 valence electrons. The zero-order valence-electron chi connectivity index (χ0n) is 17.6. The van der Waals surface area contributed by atoms with Gasteiger partial charge in [0.25, 0.3) is 5.56 Å². The number of hydrogen-bond donors (Lipinski definition) is 0. The van der Waals surface area contributed by atoms with Crippen LogP contribution in [0.4, 0.5) is 13.2 Å². The molecule has 0 spiro atoms. The first kappa shape index (κ1) is 20.5. The Hall–Kier alpha value is -3.39. The molecule has 4 aromatic rings. The highest BCUT2D eigenvalue weighted by molar-refractivity contribution is 5.86. The Morgan fingerprint density at radius 3 is 2.44 bits per heavy atom. The summed E-state index contributed by atoms with van der Waals surface area (Å²) in [5.74, 6) is 0.521. The van der Waals surface area contributed by atoms with E-state index in [1.165, 1.54) is 27.6 Å². The molecule has 1 aliphatic rings. The molecule has 3 aromatic heterocycles. The number of rotatable bonds is 3. The zero-order valence-corrected chi connectivity index (χ0v) is 17.6. The fraction of sp³-hybridized carbons (Fsp3) is 0.250. The van der Waals surface area contributed by atoms with Gasteiger partial charge in [-0.15, -0.1) is 0 Å². The number of fused-ring (bicyclic) bond motifs is 1. The van der Waals surface area contributed by atoms with Crippen molar-refractivity contribution in [2.45, 2.75) is 12.1 Å². The average Bonchev–Trinajstić information content (AvgIpc) is 3.06. The normalized spacial score (nSPS) is 15.3. The van der Waals surface area contributed by atoms with Crippen LogP contribution >= 0.6 is 0 Å². The minimum atomic E-state index is -4.45. The first-order valence-electron chi connectivity index (χ1n) is 10.2. The molecule has 0 amide bonds. The monoisotopic (exact) mass is 438 g/mol. The lowest BCUT2D eigenvalue weighted by atomic mass is 9.92. The second-order valence-corrected chi connectivity index (χ2v) is 8.37. The average molecular weight is 438 g/mol. The van der Waals surface area contributed by atoms with Crippen LogP contribution in [-0.2, 0) is 13.2 Å². The Kier molecular flexibility index (Phi) is 4.70. The van der Waals surface area contributed by atoms with Crippen molar-refractivity contribution in [2.75, 3.05) is 20.1 Å². The van der Waals surface area contributed by atoms with Gasteiger partial charge in [0.2, 0.25) is 0 Å². The van der Waals surface area contributed by atoms with Gasteiger partial charge in [-0.05, 0) is 42.9 Å². The number of pyridine rings is 2. The lowest BCUT2D eigenvalue weighted by molar-refractivity contribution is -0.137.